The summed E-state index contributed by atoms with van der Waals surface area (Å²) >= 11 is 1.40. The Balaban J connectivity index is 1.40. The molecule has 0 bridgehead atoms. The number of hydrogen-bond acceptors (Lipinski definition) is 5. The van der Waals surface area contributed by atoms with Gasteiger partial charge in [0.2, 0.25) is 5.91 Å². The average Bonchev–Trinajstić information content (AvgIpc) is 3.32. The molecule has 3 unspecified atom stereocenters. The number of benzene rings is 1. The Labute approximate surface area is 156 Å². The first-order valence-electron chi connectivity index (χ1n) is 8.97. The molecule has 1 saturated carbocycles. The van der Waals surface area contributed by atoms with Crippen LogP contribution in [0.2, 0.25) is 0 Å². The fourth-order valence-electron chi connectivity index (χ4n) is 3.80. The number of nitrogens with one attached hydrogen (secondary N) is 4. The first-order chi connectivity index (χ1) is 12.7. The summed E-state index contributed by atoms with van der Waals surface area (Å²) in [5.74, 6) is 0.161. The second kappa shape index (κ2) is 7.57. The molecule has 0 radical (unpaired) electrons. The minimum absolute atomic E-state index is 0.0337. The lowest BCUT2D eigenvalue weighted by atomic mass is 9.81. The normalized spacial score (nSPS) is 24.7. The number of thiophene rings is 1. The van der Waals surface area contributed by atoms with Gasteiger partial charge in [-0.25, -0.2) is 5.43 Å². The van der Waals surface area contributed by atoms with Crippen LogP contribution in [0.15, 0.2) is 41.8 Å². The third-order valence-corrected chi connectivity index (χ3v) is 5.96. The fourth-order valence-corrected chi connectivity index (χ4v) is 4.42. The third-order valence-electron chi connectivity index (χ3n) is 5.09. The van der Waals surface area contributed by atoms with Gasteiger partial charge in [-0.2, -0.15) is 0 Å². The highest BCUT2D eigenvalue weighted by Gasteiger charge is 2.40. The molecule has 2 aliphatic rings. The van der Waals surface area contributed by atoms with E-state index in [0.29, 0.717) is 28.2 Å². The summed E-state index contributed by atoms with van der Waals surface area (Å²) in [7, 11) is 0. The number of fused-ring (bicyclic) bond motifs is 1. The van der Waals surface area contributed by atoms with E-state index in [1.54, 1.807) is 12.1 Å². The van der Waals surface area contributed by atoms with Crippen LogP contribution in [0.5, 0.6) is 0 Å². The van der Waals surface area contributed by atoms with Crippen LogP contribution < -0.4 is 21.5 Å². The van der Waals surface area contributed by atoms with Crippen LogP contribution in [0.25, 0.3) is 0 Å². The molecule has 4 rings (SSSR count). The van der Waals surface area contributed by atoms with E-state index in [9.17, 15) is 9.59 Å². The van der Waals surface area contributed by atoms with Gasteiger partial charge in [0, 0.05) is 23.3 Å². The molecule has 2 heterocycles. The Morgan fingerprint density at radius 2 is 1.81 bits per heavy atom. The van der Waals surface area contributed by atoms with Gasteiger partial charge in [-0.3, -0.25) is 15.0 Å². The van der Waals surface area contributed by atoms with E-state index in [0.717, 1.165) is 12.8 Å². The van der Waals surface area contributed by atoms with Crippen molar-refractivity contribution in [2.45, 2.75) is 37.8 Å². The molecule has 1 aromatic heterocycles. The van der Waals surface area contributed by atoms with Crippen molar-refractivity contribution in [2.75, 3.05) is 10.6 Å². The summed E-state index contributed by atoms with van der Waals surface area (Å²) in [6.07, 6.45) is 4.58. The number of amides is 2. The van der Waals surface area contributed by atoms with Gasteiger partial charge in [-0.15, -0.1) is 11.3 Å². The summed E-state index contributed by atoms with van der Waals surface area (Å²) < 4.78 is 0. The molecule has 2 amide bonds. The third kappa shape index (κ3) is 3.65. The van der Waals surface area contributed by atoms with Crippen LogP contribution in [-0.4, -0.2) is 23.9 Å². The van der Waals surface area contributed by atoms with Gasteiger partial charge in [-0.05, 0) is 42.5 Å². The average molecular weight is 370 g/mol. The molecule has 2 fully saturated rings. The Hall–Kier alpha value is -2.22. The standard InChI is InChI=1S/C19H22N4O2S/c24-18(16-9-4-10-26-16)20-12-5-3-6-13(11-12)21-19(25)17-14-7-1-2-8-15(14)22-23-17/h3-6,9-11,14-15,17,22-23H,1-2,7-8H2,(H,20,24)(H,21,25). The summed E-state index contributed by atoms with van der Waals surface area (Å²) in [6, 6.07) is 11.0. The highest BCUT2D eigenvalue weighted by molar-refractivity contribution is 7.12. The summed E-state index contributed by atoms with van der Waals surface area (Å²) in [6.45, 7) is 0. The number of carbonyl (C=O) groups is 2. The van der Waals surface area contributed by atoms with Crippen LogP contribution in [0.1, 0.15) is 35.4 Å². The number of hydrogen-bond donors (Lipinski definition) is 4. The van der Waals surface area contributed by atoms with Crippen LogP contribution in [0, 0.1) is 5.92 Å². The van der Waals surface area contributed by atoms with E-state index in [-0.39, 0.29) is 17.9 Å². The molecule has 1 aliphatic carbocycles. The van der Waals surface area contributed by atoms with E-state index in [4.69, 9.17) is 0 Å². The van der Waals surface area contributed by atoms with E-state index in [1.165, 1.54) is 24.2 Å². The highest BCUT2D eigenvalue weighted by Crippen LogP contribution is 2.30. The van der Waals surface area contributed by atoms with Crippen molar-refractivity contribution in [2.24, 2.45) is 5.92 Å². The zero-order valence-corrected chi connectivity index (χ0v) is 15.1. The van der Waals surface area contributed by atoms with Crippen molar-refractivity contribution in [3.8, 4) is 0 Å². The lowest BCUT2D eigenvalue weighted by Gasteiger charge is -2.26. The monoisotopic (exact) mass is 370 g/mol. The smallest absolute Gasteiger partial charge is 0.265 e. The minimum Gasteiger partial charge on any atom is -0.325 e. The molecule has 7 heteroatoms. The van der Waals surface area contributed by atoms with Gasteiger partial charge in [0.05, 0.1) is 4.88 Å². The van der Waals surface area contributed by atoms with E-state index in [2.05, 4.69) is 21.5 Å². The van der Waals surface area contributed by atoms with E-state index >= 15 is 0 Å². The lowest BCUT2D eigenvalue weighted by Crippen LogP contribution is -2.42. The van der Waals surface area contributed by atoms with Crippen LogP contribution in [-0.2, 0) is 4.79 Å². The molecular formula is C19H22N4O2S. The Bertz CT molecular complexity index is 793. The van der Waals surface area contributed by atoms with Crippen molar-refractivity contribution in [3.05, 3.63) is 46.7 Å². The predicted molar refractivity (Wildman–Crippen MR) is 103 cm³/mol. The van der Waals surface area contributed by atoms with E-state index in [1.807, 2.05) is 29.6 Å². The first kappa shape index (κ1) is 17.2. The number of hydrazine groups is 1. The van der Waals surface area contributed by atoms with Crippen molar-refractivity contribution in [3.63, 3.8) is 0 Å². The number of anilines is 2. The lowest BCUT2D eigenvalue weighted by molar-refractivity contribution is -0.118. The first-order valence-corrected chi connectivity index (χ1v) is 9.85. The molecule has 6 nitrogen and oxygen atoms in total. The Morgan fingerprint density at radius 3 is 2.62 bits per heavy atom. The zero-order chi connectivity index (χ0) is 17.9. The van der Waals surface area contributed by atoms with Gasteiger partial charge in [0.15, 0.2) is 0 Å². The molecule has 2 aromatic rings. The van der Waals surface area contributed by atoms with E-state index < -0.39 is 0 Å². The van der Waals surface area contributed by atoms with Crippen molar-refractivity contribution in [1.29, 1.82) is 0 Å². The summed E-state index contributed by atoms with van der Waals surface area (Å²) in [4.78, 5) is 25.5. The Morgan fingerprint density at radius 1 is 1.00 bits per heavy atom. The molecule has 4 N–H and O–H groups in total. The molecule has 136 valence electrons. The maximum atomic E-state index is 12.7. The second-order valence-electron chi connectivity index (χ2n) is 6.82. The fraction of sp³-hybridized carbons (Fsp3) is 0.368. The highest BCUT2D eigenvalue weighted by atomic mass is 32.1. The van der Waals surface area contributed by atoms with Crippen LogP contribution >= 0.6 is 11.3 Å². The van der Waals surface area contributed by atoms with Gasteiger partial charge in [0.1, 0.15) is 6.04 Å². The maximum absolute atomic E-state index is 12.7. The number of carbonyl (C=O) groups excluding carboxylic acids is 2. The summed E-state index contributed by atoms with van der Waals surface area (Å²) in [5, 5.41) is 7.71. The molecule has 0 spiro atoms. The second-order valence-corrected chi connectivity index (χ2v) is 7.77. The predicted octanol–water partition coefficient (Wildman–Crippen LogP) is 2.97. The maximum Gasteiger partial charge on any atom is 0.265 e. The SMILES string of the molecule is O=C(Nc1cccc(NC(=O)C2NNC3CCCCC32)c1)c1cccs1. The molecule has 3 atom stereocenters. The molecule has 1 aromatic carbocycles. The largest absolute Gasteiger partial charge is 0.325 e. The summed E-state index contributed by atoms with van der Waals surface area (Å²) in [5.41, 5.74) is 7.76. The van der Waals surface area contributed by atoms with Gasteiger partial charge in [-0.1, -0.05) is 25.0 Å². The minimum atomic E-state index is -0.218. The Kier molecular flexibility index (Phi) is 5.01. The van der Waals surface area contributed by atoms with Crippen molar-refractivity contribution >= 4 is 34.5 Å². The van der Waals surface area contributed by atoms with Crippen molar-refractivity contribution in [1.82, 2.24) is 10.9 Å². The topological polar surface area (TPSA) is 82.3 Å². The van der Waals surface area contributed by atoms with Gasteiger partial charge < -0.3 is 10.6 Å². The van der Waals surface area contributed by atoms with Gasteiger partial charge in [0.25, 0.3) is 5.91 Å². The van der Waals surface area contributed by atoms with Gasteiger partial charge >= 0.3 is 0 Å². The molecule has 26 heavy (non-hydrogen) atoms. The molecular weight excluding hydrogens is 348 g/mol. The zero-order valence-electron chi connectivity index (χ0n) is 14.3. The molecule has 1 aliphatic heterocycles. The number of rotatable bonds is 4. The van der Waals surface area contributed by atoms with Crippen LogP contribution in [0.3, 0.4) is 0 Å². The molecule has 1 saturated heterocycles. The quantitative estimate of drug-likeness (QED) is 0.667. The van der Waals surface area contributed by atoms with Crippen molar-refractivity contribution < 1.29 is 9.59 Å². The van der Waals surface area contributed by atoms with Crippen LogP contribution in [0.4, 0.5) is 11.4 Å².